The van der Waals surface area contributed by atoms with Crippen molar-refractivity contribution in [3.63, 3.8) is 0 Å². The van der Waals surface area contributed by atoms with Crippen LogP contribution in [0.4, 0.5) is 4.39 Å². The molecule has 16 heavy (non-hydrogen) atoms. The molecule has 0 unspecified atom stereocenters. The molecule has 1 aromatic carbocycles. The molecule has 0 amide bonds. The molecule has 0 radical (unpaired) electrons. The number of nitrogens with one attached hydrogen (secondary N) is 1. The van der Waals surface area contributed by atoms with E-state index in [1.807, 2.05) is 6.07 Å². The number of benzene rings is 1. The molecular formula is C14H16FN. The number of hydrogen-bond acceptors (Lipinski definition) is 1. The average molecular weight is 217 g/mol. The lowest BCUT2D eigenvalue weighted by Crippen LogP contribution is -1.97. The van der Waals surface area contributed by atoms with Gasteiger partial charge in [-0.25, -0.2) is 4.39 Å². The summed E-state index contributed by atoms with van der Waals surface area (Å²) < 4.78 is 13.1. The van der Waals surface area contributed by atoms with Crippen molar-refractivity contribution in [2.24, 2.45) is 0 Å². The predicted molar refractivity (Wildman–Crippen MR) is 62.8 cm³/mol. The Bertz CT molecular complexity index is 436. The summed E-state index contributed by atoms with van der Waals surface area (Å²) in [6.45, 7) is 1.08. The van der Waals surface area contributed by atoms with Gasteiger partial charge in [0.25, 0.3) is 0 Å². The molecule has 84 valence electrons. The lowest BCUT2D eigenvalue weighted by atomic mass is 9.93. The summed E-state index contributed by atoms with van der Waals surface area (Å²) >= 11 is 0. The Morgan fingerprint density at radius 3 is 3.06 bits per heavy atom. The fourth-order valence-electron chi connectivity index (χ4n) is 2.89. The molecule has 1 aliphatic carbocycles. The standard InChI is InChI=1S/C14H16FN/c15-13-3-4-14-11(1-2-12(14)8-13)7-10-5-6-16-9-10/h3-4,8-9,11,16H,1-2,5-7H2/t11-/m1/s1. The van der Waals surface area contributed by atoms with Crippen molar-refractivity contribution in [1.82, 2.24) is 5.32 Å². The van der Waals surface area contributed by atoms with Gasteiger partial charge in [0.15, 0.2) is 0 Å². The highest BCUT2D eigenvalue weighted by Gasteiger charge is 2.24. The Hall–Kier alpha value is -1.31. The predicted octanol–water partition coefficient (Wildman–Crippen LogP) is 3.12. The zero-order chi connectivity index (χ0) is 11.0. The van der Waals surface area contributed by atoms with E-state index in [2.05, 4.69) is 11.5 Å². The van der Waals surface area contributed by atoms with Crippen molar-refractivity contribution in [3.05, 3.63) is 46.9 Å². The topological polar surface area (TPSA) is 12.0 Å². The molecule has 3 rings (SSSR count). The molecule has 1 N–H and O–H groups in total. The molecule has 1 aliphatic heterocycles. The van der Waals surface area contributed by atoms with Crippen LogP contribution in [0.5, 0.6) is 0 Å². The summed E-state index contributed by atoms with van der Waals surface area (Å²) in [5, 5.41) is 3.26. The maximum atomic E-state index is 13.1. The Balaban J connectivity index is 1.80. The third-order valence-corrected chi connectivity index (χ3v) is 3.71. The first-order chi connectivity index (χ1) is 7.83. The minimum Gasteiger partial charge on any atom is -0.391 e. The van der Waals surface area contributed by atoms with E-state index >= 15 is 0 Å². The molecule has 1 nitrogen and oxygen atoms in total. The number of fused-ring (bicyclic) bond motifs is 1. The van der Waals surface area contributed by atoms with E-state index in [4.69, 9.17) is 0 Å². The second kappa shape index (κ2) is 3.93. The molecule has 0 saturated carbocycles. The van der Waals surface area contributed by atoms with Crippen molar-refractivity contribution < 1.29 is 4.39 Å². The monoisotopic (exact) mass is 217 g/mol. The first kappa shape index (κ1) is 9.88. The van der Waals surface area contributed by atoms with E-state index in [0.717, 1.165) is 19.4 Å². The number of rotatable bonds is 2. The summed E-state index contributed by atoms with van der Waals surface area (Å²) in [5.74, 6) is 0.517. The Labute approximate surface area is 95.4 Å². The third kappa shape index (κ3) is 1.73. The van der Waals surface area contributed by atoms with E-state index in [0.29, 0.717) is 5.92 Å². The second-order valence-electron chi connectivity index (χ2n) is 4.79. The maximum absolute atomic E-state index is 13.1. The summed E-state index contributed by atoms with van der Waals surface area (Å²) in [6, 6.07) is 5.28. The van der Waals surface area contributed by atoms with Gasteiger partial charge in [-0.3, -0.25) is 0 Å². The molecular weight excluding hydrogens is 201 g/mol. The third-order valence-electron chi connectivity index (χ3n) is 3.71. The molecule has 2 aliphatic rings. The van der Waals surface area contributed by atoms with Gasteiger partial charge in [0.05, 0.1) is 0 Å². The van der Waals surface area contributed by atoms with E-state index in [-0.39, 0.29) is 5.82 Å². The van der Waals surface area contributed by atoms with Gasteiger partial charge in [0.2, 0.25) is 0 Å². The van der Waals surface area contributed by atoms with Gasteiger partial charge in [-0.05, 0) is 61.1 Å². The van der Waals surface area contributed by atoms with Crippen LogP contribution in [0.15, 0.2) is 30.0 Å². The highest BCUT2D eigenvalue weighted by molar-refractivity contribution is 5.36. The van der Waals surface area contributed by atoms with Gasteiger partial charge in [-0.15, -0.1) is 0 Å². The Morgan fingerprint density at radius 2 is 2.25 bits per heavy atom. The summed E-state index contributed by atoms with van der Waals surface area (Å²) in [5.41, 5.74) is 4.10. The molecule has 1 heterocycles. The van der Waals surface area contributed by atoms with Crippen LogP contribution in [0.1, 0.15) is 36.3 Å². The quantitative estimate of drug-likeness (QED) is 0.802. The van der Waals surface area contributed by atoms with Crippen LogP contribution < -0.4 is 5.32 Å². The van der Waals surface area contributed by atoms with Crippen molar-refractivity contribution in [3.8, 4) is 0 Å². The molecule has 0 saturated heterocycles. The van der Waals surface area contributed by atoms with E-state index in [1.54, 1.807) is 12.1 Å². The number of halogens is 1. The Morgan fingerprint density at radius 1 is 1.31 bits per heavy atom. The van der Waals surface area contributed by atoms with Crippen molar-refractivity contribution >= 4 is 0 Å². The highest BCUT2D eigenvalue weighted by atomic mass is 19.1. The molecule has 1 aromatic rings. The molecule has 0 fully saturated rings. The van der Waals surface area contributed by atoms with Gasteiger partial charge < -0.3 is 5.32 Å². The average Bonchev–Trinajstić information content (AvgIpc) is 2.89. The van der Waals surface area contributed by atoms with Crippen molar-refractivity contribution in [2.45, 2.75) is 31.6 Å². The van der Waals surface area contributed by atoms with Crippen LogP contribution in [0.25, 0.3) is 0 Å². The molecule has 2 heteroatoms. The zero-order valence-corrected chi connectivity index (χ0v) is 9.30. The van der Waals surface area contributed by atoms with Crippen LogP contribution in [-0.2, 0) is 6.42 Å². The molecule has 1 atom stereocenters. The highest BCUT2D eigenvalue weighted by Crippen LogP contribution is 2.38. The smallest absolute Gasteiger partial charge is 0.123 e. The molecule has 0 spiro atoms. The minimum atomic E-state index is -0.0962. The second-order valence-corrected chi connectivity index (χ2v) is 4.79. The summed E-state index contributed by atoms with van der Waals surface area (Å²) in [6.07, 6.45) is 6.69. The van der Waals surface area contributed by atoms with Crippen LogP contribution in [-0.4, -0.2) is 6.54 Å². The minimum absolute atomic E-state index is 0.0962. The normalized spacial score (nSPS) is 22.8. The van der Waals surface area contributed by atoms with E-state index in [1.165, 1.54) is 29.5 Å². The van der Waals surface area contributed by atoms with Crippen molar-refractivity contribution in [1.29, 1.82) is 0 Å². The molecule has 0 aromatic heterocycles. The lowest BCUT2D eigenvalue weighted by molar-refractivity contribution is 0.625. The maximum Gasteiger partial charge on any atom is 0.123 e. The van der Waals surface area contributed by atoms with Gasteiger partial charge in [0, 0.05) is 6.54 Å². The van der Waals surface area contributed by atoms with Crippen LogP contribution >= 0.6 is 0 Å². The SMILES string of the molecule is Fc1ccc2c(c1)CC[C@@H]2CC1=CNCC1. The summed E-state index contributed by atoms with van der Waals surface area (Å²) in [7, 11) is 0. The Kier molecular flexibility index (Phi) is 2.43. The lowest BCUT2D eigenvalue weighted by Gasteiger charge is -2.11. The largest absolute Gasteiger partial charge is 0.391 e. The zero-order valence-electron chi connectivity index (χ0n) is 9.30. The van der Waals surface area contributed by atoms with E-state index < -0.39 is 0 Å². The van der Waals surface area contributed by atoms with Gasteiger partial charge in [0.1, 0.15) is 5.82 Å². The van der Waals surface area contributed by atoms with Crippen LogP contribution in [0.2, 0.25) is 0 Å². The first-order valence-electron chi connectivity index (χ1n) is 6.02. The van der Waals surface area contributed by atoms with Gasteiger partial charge in [-0.1, -0.05) is 11.6 Å². The van der Waals surface area contributed by atoms with Crippen LogP contribution in [0.3, 0.4) is 0 Å². The summed E-state index contributed by atoms with van der Waals surface area (Å²) in [4.78, 5) is 0. The fourth-order valence-corrected chi connectivity index (χ4v) is 2.89. The van der Waals surface area contributed by atoms with Gasteiger partial charge in [-0.2, -0.15) is 0 Å². The number of aryl methyl sites for hydroxylation is 1. The fraction of sp³-hybridized carbons (Fsp3) is 0.429. The number of hydrogen-bond donors (Lipinski definition) is 1. The van der Waals surface area contributed by atoms with Crippen molar-refractivity contribution in [2.75, 3.05) is 6.54 Å². The first-order valence-corrected chi connectivity index (χ1v) is 6.02. The van der Waals surface area contributed by atoms with E-state index in [9.17, 15) is 4.39 Å². The van der Waals surface area contributed by atoms with Gasteiger partial charge >= 0.3 is 0 Å². The van der Waals surface area contributed by atoms with Crippen LogP contribution in [0, 0.1) is 5.82 Å². The molecule has 0 bridgehead atoms.